The number of hydrogen-bond donors (Lipinski definition) is 2. The second kappa shape index (κ2) is 6.35. The van der Waals surface area contributed by atoms with Crippen LogP contribution in [-0.4, -0.2) is 24.0 Å². The van der Waals surface area contributed by atoms with Gasteiger partial charge in [-0.1, -0.05) is 19.9 Å². The summed E-state index contributed by atoms with van der Waals surface area (Å²) in [5, 5.41) is 2.92. The molecule has 0 aliphatic carbocycles. The number of nitrogens with two attached hydrogens (primary N) is 1. The van der Waals surface area contributed by atoms with Crippen molar-refractivity contribution in [3.8, 4) is 0 Å². The molecular weight excluding hydrogens is 214 g/mol. The first kappa shape index (κ1) is 13.6. The molecule has 94 valence electrons. The van der Waals surface area contributed by atoms with E-state index in [4.69, 9.17) is 5.73 Å². The number of carbonyl (C=O) groups excluding carboxylic acids is 1. The van der Waals surface area contributed by atoms with Crippen LogP contribution in [0.1, 0.15) is 26.0 Å². The predicted molar refractivity (Wildman–Crippen MR) is 68.4 cm³/mol. The van der Waals surface area contributed by atoms with Crippen molar-refractivity contribution in [1.29, 1.82) is 0 Å². The number of pyridine rings is 1. The number of aromatic nitrogens is 1. The highest BCUT2D eigenvalue weighted by molar-refractivity contribution is 5.81. The molecule has 0 aliphatic rings. The number of nitrogens with one attached hydrogen (secondary N) is 1. The van der Waals surface area contributed by atoms with Gasteiger partial charge in [-0.15, -0.1) is 0 Å². The Hall–Kier alpha value is -1.42. The highest BCUT2D eigenvalue weighted by atomic mass is 16.2. The van der Waals surface area contributed by atoms with Crippen LogP contribution in [-0.2, 0) is 11.2 Å². The van der Waals surface area contributed by atoms with E-state index in [2.05, 4.69) is 10.3 Å². The number of rotatable bonds is 6. The van der Waals surface area contributed by atoms with Crippen LogP contribution in [0.4, 0.5) is 0 Å². The number of carbonyl (C=O) groups is 1. The smallest absolute Gasteiger partial charge is 0.225 e. The van der Waals surface area contributed by atoms with Gasteiger partial charge in [0.15, 0.2) is 0 Å². The first-order valence-corrected chi connectivity index (χ1v) is 5.94. The maximum atomic E-state index is 11.9. The summed E-state index contributed by atoms with van der Waals surface area (Å²) >= 11 is 0. The Bertz CT molecular complexity index is 349. The fraction of sp³-hybridized carbons (Fsp3) is 0.538. The van der Waals surface area contributed by atoms with Gasteiger partial charge in [0.1, 0.15) is 0 Å². The fourth-order valence-electron chi connectivity index (χ4n) is 1.56. The van der Waals surface area contributed by atoms with Crippen LogP contribution in [0.5, 0.6) is 0 Å². The van der Waals surface area contributed by atoms with E-state index in [0.717, 1.165) is 12.1 Å². The second-order valence-corrected chi connectivity index (χ2v) is 4.75. The van der Waals surface area contributed by atoms with Crippen LogP contribution in [0.2, 0.25) is 0 Å². The van der Waals surface area contributed by atoms with Crippen molar-refractivity contribution < 1.29 is 4.79 Å². The quantitative estimate of drug-likeness (QED) is 0.776. The highest BCUT2D eigenvalue weighted by Gasteiger charge is 2.25. The van der Waals surface area contributed by atoms with Crippen LogP contribution in [0, 0.1) is 5.41 Å². The molecule has 1 rings (SSSR count). The van der Waals surface area contributed by atoms with E-state index in [-0.39, 0.29) is 5.91 Å². The molecule has 0 radical (unpaired) electrons. The zero-order valence-electron chi connectivity index (χ0n) is 10.6. The van der Waals surface area contributed by atoms with E-state index >= 15 is 0 Å². The van der Waals surface area contributed by atoms with E-state index in [9.17, 15) is 4.79 Å². The summed E-state index contributed by atoms with van der Waals surface area (Å²) in [6.45, 7) is 4.97. The zero-order chi connectivity index (χ0) is 12.7. The average molecular weight is 235 g/mol. The highest BCUT2D eigenvalue weighted by Crippen LogP contribution is 2.18. The molecule has 0 unspecified atom stereocenters. The molecule has 1 aromatic rings. The lowest BCUT2D eigenvalue weighted by Crippen LogP contribution is -2.39. The minimum Gasteiger partial charge on any atom is -0.355 e. The van der Waals surface area contributed by atoms with Crippen LogP contribution >= 0.6 is 0 Å². The topological polar surface area (TPSA) is 68.0 Å². The molecule has 1 heterocycles. The molecule has 1 amide bonds. The maximum Gasteiger partial charge on any atom is 0.225 e. The number of hydrogen-bond acceptors (Lipinski definition) is 3. The van der Waals surface area contributed by atoms with Crippen molar-refractivity contribution in [3.05, 3.63) is 30.1 Å². The summed E-state index contributed by atoms with van der Waals surface area (Å²) < 4.78 is 0. The third kappa shape index (κ3) is 4.53. The normalized spacial score (nSPS) is 11.2. The first-order chi connectivity index (χ1) is 8.06. The summed E-state index contributed by atoms with van der Waals surface area (Å²) in [4.78, 5) is 16.1. The van der Waals surface area contributed by atoms with Crippen molar-refractivity contribution in [3.63, 3.8) is 0 Å². The lowest BCUT2D eigenvalue weighted by atomic mass is 9.88. The fourth-order valence-corrected chi connectivity index (χ4v) is 1.56. The molecule has 17 heavy (non-hydrogen) atoms. The van der Waals surface area contributed by atoms with Crippen LogP contribution in [0.15, 0.2) is 24.4 Å². The van der Waals surface area contributed by atoms with E-state index in [1.54, 1.807) is 6.20 Å². The van der Waals surface area contributed by atoms with Gasteiger partial charge in [-0.3, -0.25) is 9.78 Å². The second-order valence-electron chi connectivity index (χ2n) is 4.75. The molecule has 3 N–H and O–H groups in total. The lowest BCUT2D eigenvalue weighted by molar-refractivity contribution is -0.129. The molecule has 4 nitrogen and oxygen atoms in total. The third-order valence-corrected chi connectivity index (χ3v) is 2.78. The maximum absolute atomic E-state index is 11.9. The summed E-state index contributed by atoms with van der Waals surface area (Å²) in [5.74, 6) is 0.0545. The van der Waals surface area contributed by atoms with E-state index in [1.807, 2.05) is 32.0 Å². The number of amides is 1. The van der Waals surface area contributed by atoms with Crippen molar-refractivity contribution in [2.24, 2.45) is 11.1 Å². The summed E-state index contributed by atoms with van der Waals surface area (Å²) in [6.07, 6.45) is 3.21. The minimum atomic E-state index is -0.390. The zero-order valence-corrected chi connectivity index (χ0v) is 10.6. The standard InChI is InChI=1S/C13H21N3O/c1-13(2,7-8-14)12(17)16-10-6-11-5-3-4-9-15-11/h3-5,9H,6-8,10,14H2,1-2H3,(H,16,17). The van der Waals surface area contributed by atoms with Gasteiger partial charge in [0.05, 0.1) is 0 Å². The lowest BCUT2D eigenvalue weighted by Gasteiger charge is -2.22. The van der Waals surface area contributed by atoms with Crippen molar-refractivity contribution in [1.82, 2.24) is 10.3 Å². The Morgan fingerprint density at radius 1 is 1.47 bits per heavy atom. The van der Waals surface area contributed by atoms with Gasteiger partial charge in [0, 0.05) is 30.3 Å². The van der Waals surface area contributed by atoms with Gasteiger partial charge in [-0.2, -0.15) is 0 Å². The van der Waals surface area contributed by atoms with Crippen LogP contribution in [0.25, 0.3) is 0 Å². The molecule has 1 aromatic heterocycles. The molecule has 0 aliphatic heterocycles. The first-order valence-electron chi connectivity index (χ1n) is 5.94. The van der Waals surface area contributed by atoms with E-state index in [1.165, 1.54) is 0 Å². The Balaban J connectivity index is 2.34. The molecule has 0 saturated carbocycles. The van der Waals surface area contributed by atoms with E-state index in [0.29, 0.717) is 19.5 Å². The third-order valence-electron chi connectivity index (χ3n) is 2.78. The molecule has 0 atom stereocenters. The summed E-state index contributed by atoms with van der Waals surface area (Å²) in [7, 11) is 0. The molecule has 0 aromatic carbocycles. The molecule has 0 saturated heterocycles. The Morgan fingerprint density at radius 3 is 2.82 bits per heavy atom. The SMILES string of the molecule is CC(C)(CCN)C(=O)NCCc1ccccn1. The van der Waals surface area contributed by atoms with Crippen LogP contribution in [0.3, 0.4) is 0 Å². The van der Waals surface area contributed by atoms with Crippen molar-refractivity contribution in [2.75, 3.05) is 13.1 Å². The summed E-state index contributed by atoms with van der Waals surface area (Å²) in [6, 6.07) is 5.78. The van der Waals surface area contributed by atoms with Gasteiger partial charge in [0.25, 0.3) is 0 Å². The average Bonchev–Trinajstić information content (AvgIpc) is 2.30. The van der Waals surface area contributed by atoms with Gasteiger partial charge in [-0.05, 0) is 25.1 Å². The number of nitrogens with zero attached hydrogens (tertiary/aromatic N) is 1. The molecule has 0 bridgehead atoms. The van der Waals surface area contributed by atoms with E-state index < -0.39 is 5.41 Å². The molecule has 0 spiro atoms. The van der Waals surface area contributed by atoms with Gasteiger partial charge in [-0.25, -0.2) is 0 Å². The molecule has 0 fully saturated rings. The summed E-state index contributed by atoms with van der Waals surface area (Å²) in [5.41, 5.74) is 6.08. The van der Waals surface area contributed by atoms with Crippen molar-refractivity contribution >= 4 is 5.91 Å². The largest absolute Gasteiger partial charge is 0.355 e. The van der Waals surface area contributed by atoms with Gasteiger partial charge >= 0.3 is 0 Å². The monoisotopic (exact) mass is 235 g/mol. The van der Waals surface area contributed by atoms with Crippen molar-refractivity contribution in [2.45, 2.75) is 26.7 Å². The minimum absolute atomic E-state index is 0.0545. The van der Waals surface area contributed by atoms with Gasteiger partial charge in [0.2, 0.25) is 5.91 Å². The molecule has 4 heteroatoms. The molecular formula is C13H21N3O. The Morgan fingerprint density at radius 2 is 2.24 bits per heavy atom. The van der Waals surface area contributed by atoms with Crippen LogP contribution < -0.4 is 11.1 Å². The van der Waals surface area contributed by atoms with Gasteiger partial charge < -0.3 is 11.1 Å². The predicted octanol–water partition coefficient (Wildman–Crippen LogP) is 1.12. The Kier molecular flexibility index (Phi) is 5.10. The Labute approximate surface area is 103 Å².